The second-order valence-electron chi connectivity index (χ2n) is 7.39. The Balaban J connectivity index is 1.66. The lowest BCUT2D eigenvalue weighted by Crippen LogP contribution is -3.19. The molecule has 1 N–H and O–H groups in total. The summed E-state index contributed by atoms with van der Waals surface area (Å²) in [7, 11) is 3.26. The van der Waals surface area contributed by atoms with Crippen LogP contribution < -0.4 is 19.3 Å². The van der Waals surface area contributed by atoms with Crippen molar-refractivity contribution in [3.8, 4) is 11.5 Å². The maximum Gasteiger partial charge on any atom is 0.312 e. The van der Waals surface area contributed by atoms with E-state index < -0.39 is 0 Å². The fraction of sp³-hybridized carbons (Fsp3) is 0.550. The zero-order valence-corrected chi connectivity index (χ0v) is 16.0. The van der Waals surface area contributed by atoms with Crippen molar-refractivity contribution in [2.45, 2.75) is 38.1 Å². The fourth-order valence-electron chi connectivity index (χ4n) is 4.44. The molecule has 4 rings (SSSR count). The van der Waals surface area contributed by atoms with E-state index in [4.69, 9.17) is 9.47 Å². The van der Waals surface area contributed by atoms with Gasteiger partial charge in [-0.25, -0.2) is 4.79 Å². The molecule has 2 aromatic rings. The number of anilines is 1. The molecule has 2 unspecified atom stereocenters. The summed E-state index contributed by atoms with van der Waals surface area (Å²) in [6, 6.07) is 4.20. The molecule has 2 saturated heterocycles. The monoisotopic (exact) mass is 371 g/mol. The molecule has 1 aromatic carbocycles. The number of aromatic nitrogens is 2. The van der Waals surface area contributed by atoms with E-state index in [0.29, 0.717) is 23.4 Å². The van der Waals surface area contributed by atoms with Gasteiger partial charge in [0.05, 0.1) is 51.1 Å². The van der Waals surface area contributed by atoms with Crippen LogP contribution in [0.5, 0.6) is 11.5 Å². The van der Waals surface area contributed by atoms with Crippen molar-refractivity contribution in [3.63, 3.8) is 0 Å². The largest absolute Gasteiger partial charge is 0.493 e. The molecule has 7 nitrogen and oxygen atoms in total. The zero-order chi connectivity index (χ0) is 18.8. The predicted molar refractivity (Wildman–Crippen MR) is 103 cm³/mol. The van der Waals surface area contributed by atoms with Gasteiger partial charge in [-0.1, -0.05) is 0 Å². The Morgan fingerprint density at radius 3 is 2.74 bits per heavy atom. The highest BCUT2D eigenvalue weighted by atomic mass is 16.5. The van der Waals surface area contributed by atoms with Gasteiger partial charge in [0, 0.05) is 24.4 Å². The number of likely N-dealkylation sites (tertiary alicyclic amines) is 1. The molecule has 2 aliphatic heterocycles. The van der Waals surface area contributed by atoms with Crippen molar-refractivity contribution in [1.82, 2.24) is 10.2 Å². The quantitative estimate of drug-likeness (QED) is 0.871. The topological polar surface area (TPSA) is 69.0 Å². The van der Waals surface area contributed by atoms with Crippen molar-refractivity contribution >= 4 is 22.5 Å². The van der Waals surface area contributed by atoms with Crippen molar-refractivity contribution in [2.24, 2.45) is 0 Å². The number of methoxy groups -OCH3 is 2. The van der Waals surface area contributed by atoms with Crippen LogP contribution in [0.4, 0.5) is 5.69 Å². The van der Waals surface area contributed by atoms with Crippen molar-refractivity contribution < 1.29 is 19.2 Å². The van der Waals surface area contributed by atoms with Gasteiger partial charge < -0.3 is 14.4 Å². The minimum atomic E-state index is 0.356. The number of hydrogen-bond acceptors (Lipinski definition) is 6. The lowest BCUT2D eigenvalue weighted by molar-refractivity contribution is -0.851. The second-order valence-corrected chi connectivity index (χ2v) is 7.39. The number of nitrogens with one attached hydrogen (secondary N) is 1. The Morgan fingerprint density at radius 1 is 1.15 bits per heavy atom. The number of carbonyl (C=O) groups excluding carboxylic acids is 1. The van der Waals surface area contributed by atoms with Gasteiger partial charge >= 0.3 is 5.91 Å². The Bertz CT molecular complexity index is 841. The minimum Gasteiger partial charge on any atom is -0.493 e. The van der Waals surface area contributed by atoms with Gasteiger partial charge in [-0.05, 0) is 25.3 Å². The first-order valence-corrected chi connectivity index (χ1v) is 9.72. The molecule has 2 aliphatic rings. The summed E-state index contributed by atoms with van der Waals surface area (Å²) in [5.41, 5.74) is 1.84. The first-order chi connectivity index (χ1) is 13.2. The molecule has 7 heteroatoms. The molecule has 1 amide bonds. The van der Waals surface area contributed by atoms with E-state index >= 15 is 0 Å². The van der Waals surface area contributed by atoms with E-state index in [9.17, 15) is 4.79 Å². The van der Waals surface area contributed by atoms with Gasteiger partial charge in [0.15, 0.2) is 11.5 Å². The number of fused-ring (bicyclic) bond motifs is 1. The van der Waals surface area contributed by atoms with Gasteiger partial charge in [-0.2, -0.15) is 10.2 Å². The van der Waals surface area contributed by atoms with Crippen LogP contribution in [0.3, 0.4) is 0 Å². The lowest BCUT2D eigenvalue weighted by atomic mass is 9.99. The Hall–Kier alpha value is -2.41. The predicted octanol–water partition coefficient (Wildman–Crippen LogP) is 1.21. The summed E-state index contributed by atoms with van der Waals surface area (Å²) < 4.78 is 10.9. The average molecular weight is 371 g/mol. The van der Waals surface area contributed by atoms with E-state index in [0.717, 1.165) is 73.2 Å². The van der Waals surface area contributed by atoms with Gasteiger partial charge in [-0.3, -0.25) is 4.90 Å². The van der Waals surface area contributed by atoms with Crippen molar-refractivity contribution in [1.29, 1.82) is 0 Å². The third-order valence-corrected chi connectivity index (χ3v) is 5.84. The molecular formula is C20H27N4O3+. The first kappa shape index (κ1) is 18.0. The van der Waals surface area contributed by atoms with Gasteiger partial charge in [0.25, 0.3) is 0 Å². The Morgan fingerprint density at radius 2 is 1.96 bits per heavy atom. The zero-order valence-electron chi connectivity index (χ0n) is 16.0. The van der Waals surface area contributed by atoms with Crippen LogP contribution in [0.25, 0.3) is 10.9 Å². The maximum atomic E-state index is 12.4. The number of amides is 1. The van der Waals surface area contributed by atoms with Crippen molar-refractivity contribution in [2.75, 3.05) is 38.8 Å². The Labute approximate surface area is 159 Å². The van der Waals surface area contributed by atoms with Crippen LogP contribution in [0.2, 0.25) is 0 Å². The number of ether oxygens (including phenoxy) is 2. The molecular weight excluding hydrogens is 344 g/mol. The third-order valence-electron chi connectivity index (χ3n) is 5.84. The van der Waals surface area contributed by atoms with Crippen LogP contribution in [0.1, 0.15) is 32.1 Å². The first-order valence-electron chi connectivity index (χ1n) is 9.72. The molecule has 0 aliphatic carbocycles. The SMILES string of the molecule is COc1cc2nncc(N3CCCC([NH+]4CCCCC4=O)C3)c2cc1OC. The second kappa shape index (κ2) is 7.68. The van der Waals surface area contributed by atoms with Crippen molar-refractivity contribution in [3.05, 3.63) is 18.3 Å². The van der Waals surface area contributed by atoms with Crippen LogP contribution in [0, 0.1) is 0 Å². The van der Waals surface area contributed by atoms with Crippen LogP contribution in [0.15, 0.2) is 18.3 Å². The number of nitrogens with zero attached hydrogens (tertiary/aromatic N) is 3. The third kappa shape index (κ3) is 3.43. The Kier molecular flexibility index (Phi) is 5.11. The molecule has 27 heavy (non-hydrogen) atoms. The highest BCUT2D eigenvalue weighted by Gasteiger charge is 2.35. The molecule has 1 aromatic heterocycles. The summed E-state index contributed by atoms with van der Waals surface area (Å²) in [5, 5.41) is 9.48. The minimum absolute atomic E-state index is 0.356. The summed E-state index contributed by atoms with van der Waals surface area (Å²) in [4.78, 5) is 15.9. The summed E-state index contributed by atoms with van der Waals surface area (Å²) in [6.07, 6.45) is 6.92. The van der Waals surface area contributed by atoms with Crippen LogP contribution in [-0.4, -0.2) is 56.0 Å². The van der Waals surface area contributed by atoms with E-state index in [1.54, 1.807) is 14.2 Å². The smallest absolute Gasteiger partial charge is 0.312 e. The van der Waals surface area contributed by atoms with Gasteiger partial charge in [0.1, 0.15) is 6.04 Å². The molecule has 0 radical (unpaired) electrons. The van der Waals surface area contributed by atoms with Gasteiger partial charge in [0.2, 0.25) is 0 Å². The molecule has 0 bridgehead atoms. The van der Waals surface area contributed by atoms with Crippen LogP contribution in [-0.2, 0) is 4.79 Å². The number of carbonyl (C=O) groups is 1. The summed E-state index contributed by atoms with van der Waals surface area (Å²) >= 11 is 0. The van der Waals surface area contributed by atoms with Crippen LogP contribution >= 0.6 is 0 Å². The summed E-state index contributed by atoms with van der Waals surface area (Å²) in [6.45, 7) is 2.81. The number of quaternary nitrogens is 1. The maximum absolute atomic E-state index is 12.4. The number of piperidine rings is 2. The lowest BCUT2D eigenvalue weighted by Gasteiger charge is -2.38. The molecule has 144 valence electrons. The highest BCUT2D eigenvalue weighted by Crippen LogP contribution is 2.35. The van der Waals surface area contributed by atoms with Gasteiger partial charge in [-0.15, -0.1) is 0 Å². The number of benzene rings is 1. The van der Waals surface area contributed by atoms with E-state index in [2.05, 4.69) is 15.1 Å². The summed E-state index contributed by atoms with van der Waals surface area (Å²) in [5.74, 6) is 1.72. The van der Waals surface area contributed by atoms with E-state index in [-0.39, 0.29) is 0 Å². The number of hydrogen-bond donors (Lipinski definition) is 1. The molecule has 0 spiro atoms. The normalized spacial score (nSPS) is 23.5. The highest BCUT2D eigenvalue weighted by molar-refractivity contribution is 5.93. The standard InChI is InChI=1S/C20H26N4O3/c1-26-18-10-15-16(11-19(18)27-2)22-21-12-17(15)23-8-5-6-14(13-23)24-9-4-3-7-20(24)25/h10-12,14H,3-9,13H2,1-2H3/p+1. The van der Waals surface area contributed by atoms with E-state index in [1.165, 1.54) is 0 Å². The van der Waals surface area contributed by atoms with E-state index in [1.807, 2.05) is 18.3 Å². The average Bonchev–Trinajstić information content (AvgIpc) is 2.72. The molecule has 2 atom stereocenters. The molecule has 3 heterocycles. The fourth-order valence-corrected chi connectivity index (χ4v) is 4.44. The molecule has 0 saturated carbocycles. The molecule has 2 fully saturated rings. The number of rotatable bonds is 4.